The first-order valence-electron chi connectivity index (χ1n) is 8.74. The molecule has 7 nitrogen and oxygen atoms in total. The maximum atomic E-state index is 12.9. The van der Waals surface area contributed by atoms with Gasteiger partial charge in [0.1, 0.15) is 10.6 Å². The van der Waals surface area contributed by atoms with Gasteiger partial charge in [-0.1, -0.05) is 11.2 Å². The van der Waals surface area contributed by atoms with Crippen molar-refractivity contribution in [3.8, 4) is 0 Å². The molecular formula is C19H23N3O4S2. The lowest BCUT2D eigenvalue weighted by Gasteiger charge is -2.16. The minimum absolute atomic E-state index is 0.0194. The smallest absolute Gasteiger partial charge is 0.248 e. The fraction of sp³-hybridized carbons (Fsp3) is 0.368. The summed E-state index contributed by atoms with van der Waals surface area (Å²) in [7, 11) is -2.47. The Morgan fingerprint density at radius 1 is 1.29 bits per heavy atom. The highest BCUT2D eigenvalue weighted by atomic mass is 32.2. The van der Waals surface area contributed by atoms with E-state index in [2.05, 4.69) is 15.8 Å². The Labute approximate surface area is 168 Å². The molecule has 0 fully saturated rings. The first-order valence-corrected chi connectivity index (χ1v) is 11.1. The van der Waals surface area contributed by atoms with E-state index in [1.54, 1.807) is 25.2 Å². The molecule has 0 atom stereocenters. The number of hydrogen-bond donors (Lipinski definition) is 0. The van der Waals surface area contributed by atoms with E-state index in [0.717, 1.165) is 15.7 Å². The van der Waals surface area contributed by atoms with Gasteiger partial charge in [-0.05, 0) is 45.2 Å². The number of carbonyl (C=O) groups is 1. The second kappa shape index (κ2) is 7.65. The summed E-state index contributed by atoms with van der Waals surface area (Å²) in [5.41, 5.74) is 2.62. The molecule has 0 aliphatic heterocycles. The van der Waals surface area contributed by atoms with E-state index in [9.17, 15) is 13.2 Å². The summed E-state index contributed by atoms with van der Waals surface area (Å²) in [6.45, 7) is 7.38. The van der Waals surface area contributed by atoms with Gasteiger partial charge in [-0.15, -0.1) is 11.3 Å². The van der Waals surface area contributed by atoms with Crippen LogP contribution in [0.15, 0.2) is 33.0 Å². The Morgan fingerprint density at radius 2 is 2.00 bits per heavy atom. The fourth-order valence-electron chi connectivity index (χ4n) is 3.26. The van der Waals surface area contributed by atoms with Crippen molar-refractivity contribution >= 4 is 27.1 Å². The number of ketones is 1. The molecule has 0 aliphatic carbocycles. The maximum Gasteiger partial charge on any atom is 0.248 e. The van der Waals surface area contributed by atoms with Crippen molar-refractivity contribution in [2.45, 2.75) is 39.1 Å². The predicted molar refractivity (Wildman–Crippen MR) is 107 cm³/mol. The summed E-state index contributed by atoms with van der Waals surface area (Å²) in [5, 5.41) is 5.72. The van der Waals surface area contributed by atoms with E-state index in [0.29, 0.717) is 12.1 Å². The van der Waals surface area contributed by atoms with Gasteiger partial charge in [0.15, 0.2) is 11.5 Å². The molecule has 28 heavy (non-hydrogen) atoms. The Kier molecular flexibility index (Phi) is 5.60. The quantitative estimate of drug-likeness (QED) is 0.546. The molecule has 0 bridgehead atoms. The molecule has 0 unspecified atom stereocenters. The van der Waals surface area contributed by atoms with Crippen LogP contribution in [0.4, 0.5) is 0 Å². The molecule has 3 rings (SSSR count). The normalized spacial score (nSPS) is 12.1. The van der Waals surface area contributed by atoms with E-state index >= 15 is 0 Å². The van der Waals surface area contributed by atoms with Crippen LogP contribution >= 0.6 is 11.3 Å². The largest absolute Gasteiger partial charge is 0.360 e. The summed E-state index contributed by atoms with van der Waals surface area (Å²) in [5.74, 6) is -0.0331. The van der Waals surface area contributed by atoms with Crippen LogP contribution in [0.1, 0.15) is 38.1 Å². The Hall–Kier alpha value is -2.23. The third kappa shape index (κ3) is 3.69. The van der Waals surface area contributed by atoms with Crippen LogP contribution in [0.5, 0.6) is 0 Å². The average Bonchev–Trinajstić information content (AvgIpc) is 3.31. The molecule has 3 aromatic heterocycles. The van der Waals surface area contributed by atoms with Gasteiger partial charge >= 0.3 is 0 Å². The number of thiophene rings is 1. The topological polar surface area (TPSA) is 85.4 Å². The van der Waals surface area contributed by atoms with Gasteiger partial charge in [-0.25, -0.2) is 8.42 Å². The highest BCUT2D eigenvalue weighted by Gasteiger charge is 2.30. The summed E-state index contributed by atoms with van der Waals surface area (Å²) in [6, 6.07) is 5.87. The van der Waals surface area contributed by atoms with E-state index in [1.165, 1.54) is 11.9 Å². The van der Waals surface area contributed by atoms with Crippen LogP contribution in [-0.2, 0) is 16.6 Å². The zero-order valence-electron chi connectivity index (χ0n) is 16.5. The Bertz CT molecular complexity index is 1090. The highest BCUT2D eigenvalue weighted by molar-refractivity contribution is 7.89. The molecule has 0 amide bonds. The van der Waals surface area contributed by atoms with Crippen molar-refractivity contribution in [3.63, 3.8) is 0 Å². The van der Waals surface area contributed by atoms with Crippen LogP contribution in [0.25, 0.3) is 0 Å². The van der Waals surface area contributed by atoms with Gasteiger partial charge in [-0.2, -0.15) is 4.31 Å². The third-order valence-electron chi connectivity index (χ3n) is 4.77. The third-order valence-corrected chi connectivity index (χ3v) is 7.68. The minimum atomic E-state index is -3.87. The van der Waals surface area contributed by atoms with Gasteiger partial charge < -0.3 is 9.09 Å². The Morgan fingerprint density at radius 3 is 2.57 bits per heavy atom. The van der Waals surface area contributed by atoms with Crippen LogP contribution in [-0.4, -0.2) is 41.8 Å². The number of carbonyl (C=O) groups excluding carboxylic acids is 1. The molecule has 150 valence electrons. The SMILES string of the molecule is Cc1noc(C)c1S(=O)(=O)N(C)CC(=O)c1cc(C)n(Cc2cccs2)c1C. The molecule has 0 aliphatic rings. The molecule has 0 saturated heterocycles. The monoisotopic (exact) mass is 421 g/mol. The van der Waals surface area contributed by atoms with Crippen molar-refractivity contribution in [1.82, 2.24) is 14.0 Å². The van der Waals surface area contributed by atoms with E-state index in [-0.39, 0.29) is 28.7 Å². The molecule has 3 heterocycles. The van der Waals surface area contributed by atoms with Crippen molar-refractivity contribution < 1.29 is 17.7 Å². The molecule has 9 heteroatoms. The second-order valence-electron chi connectivity index (χ2n) is 6.79. The van der Waals surface area contributed by atoms with Crippen molar-refractivity contribution in [2.75, 3.05) is 13.6 Å². The lowest BCUT2D eigenvalue weighted by molar-refractivity contribution is 0.0972. The number of aromatic nitrogens is 2. The number of Topliss-reactive ketones (excluding diaryl/α,β-unsaturated/α-hetero) is 1. The van der Waals surface area contributed by atoms with Crippen molar-refractivity contribution in [2.24, 2.45) is 0 Å². The van der Waals surface area contributed by atoms with Gasteiger partial charge in [0, 0.05) is 28.9 Å². The first-order chi connectivity index (χ1) is 13.1. The predicted octanol–water partition coefficient (Wildman–Crippen LogP) is 3.32. The number of likely N-dealkylation sites (N-methyl/N-ethyl adjacent to an activating group) is 1. The summed E-state index contributed by atoms with van der Waals surface area (Å²) < 4.78 is 33.8. The van der Waals surface area contributed by atoms with Crippen LogP contribution in [0.2, 0.25) is 0 Å². The standard InChI is InChI=1S/C19H23N3O4S2/c1-12-9-17(14(3)22(12)10-16-7-6-8-27-16)18(23)11-21(5)28(24,25)19-13(2)20-26-15(19)4/h6-9H,10-11H2,1-5H3. The summed E-state index contributed by atoms with van der Waals surface area (Å²) in [4.78, 5) is 14.1. The molecule has 0 radical (unpaired) electrons. The lowest BCUT2D eigenvalue weighted by atomic mass is 10.1. The van der Waals surface area contributed by atoms with E-state index < -0.39 is 10.0 Å². The molecule has 3 aromatic rings. The van der Waals surface area contributed by atoms with Gasteiger partial charge in [0.2, 0.25) is 10.0 Å². The van der Waals surface area contributed by atoms with Gasteiger partial charge in [-0.3, -0.25) is 4.79 Å². The number of hydrogen-bond acceptors (Lipinski definition) is 6. The zero-order valence-corrected chi connectivity index (χ0v) is 18.1. The van der Waals surface area contributed by atoms with Gasteiger partial charge in [0.25, 0.3) is 0 Å². The molecule has 0 aromatic carbocycles. The number of rotatable bonds is 7. The average molecular weight is 422 g/mol. The Balaban J connectivity index is 1.83. The first kappa shape index (κ1) is 20.5. The number of aryl methyl sites for hydroxylation is 3. The maximum absolute atomic E-state index is 12.9. The summed E-state index contributed by atoms with van der Waals surface area (Å²) >= 11 is 1.66. The van der Waals surface area contributed by atoms with Crippen LogP contribution < -0.4 is 0 Å². The fourth-order valence-corrected chi connectivity index (χ4v) is 5.36. The van der Waals surface area contributed by atoms with Crippen molar-refractivity contribution in [1.29, 1.82) is 0 Å². The van der Waals surface area contributed by atoms with Crippen molar-refractivity contribution in [3.05, 3.63) is 56.9 Å². The van der Waals surface area contributed by atoms with E-state index in [4.69, 9.17) is 4.52 Å². The zero-order chi connectivity index (χ0) is 20.6. The molecule has 0 saturated carbocycles. The summed E-state index contributed by atoms with van der Waals surface area (Å²) in [6.07, 6.45) is 0. The van der Waals surface area contributed by atoms with Crippen LogP contribution in [0.3, 0.4) is 0 Å². The van der Waals surface area contributed by atoms with Crippen LogP contribution in [0, 0.1) is 27.7 Å². The highest BCUT2D eigenvalue weighted by Crippen LogP contribution is 2.24. The molecular weight excluding hydrogens is 398 g/mol. The lowest BCUT2D eigenvalue weighted by Crippen LogP contribution is -2.33. The number of nitrogens with zero attached hydrogens (tertiary/aromatic N) is 3. The second-order valence-corrected chi connectivity index (χ2v) is 9.80. The van der Waals surface area contributed by atoms with Gasteiger partial charge in [0.05, 0.1) is 13.1 Å². The molecule has 0 spiro atoms. The molecule has 0 N–H and O–H groups in total. The minimum Gasteiger partial charge on any atom is -0.360 e. The van der Waals surface area contributed by atoms with E-state index in [1.807, 2.05) is 31.4 Å². The number of sulfonamides is 1.